The van der Waals surface area contributed by atoms with Crippen LogP contribution >= 0.6 is 0 Å². The molecule has 0 saturated heterocycles. The van der Waals surface area contributed by atoms with Crippen molar-refractivity contribution in [1.29, 1.82) is 0 Å². The second-order valence-corrected chi connectivity index (χ2v) is 14.8. The summed E-state index contributed by atoms with van der Waals surface area (Å²) >= 11 is 0. The highest BCUT2D eigenvalue weighted by Crippen LogP contribution is 2.46. The number of nitrogens with zero attached hydrogens (tertiary/aromatic N) is 1. The van der Waals surface area contributed by atoms with E-state index in [1.54, 1.807) is 0 Å². The van der Waals surface area contributed by atoms with Crippen molar-refractivity contribution in [2.45, 2.75) is 0 Å². The summed E-state index contributed by atoms with van der Waals surface area (Å²) in [4.78, 5) is 2.36. The smallest absolute Gasteiger partial charge is 0.143 e. The van der Waals surface area contributed by atoms with Gasteiger partial charge in [-0.2, -0.15) is 0 Å². The summed E-state index contributed by atoms with van der Waals surface area (Å²) in [6.45, 7) is 0. The fourth-order valence-electron chi connectivity index (χ4n) is 8.95. The van der Waals surface area contributed by atoms with E-state index in [0.717, 1.165) is 83.0 Å². The lowest BCUT2D eigenvalue weighted by atomic mass is 9.95. The Bertz CT molecular complexity index is 3530. The van der Waals surface area contributed by atoms with Crippen LogP contribution < -0.4 is 4.90 Å². The molecule has 57 heavy (non-hydrogen) atoms. The summed E-state index contributed by atoms with van der Waals surface area (Å²) in [6.07, 6.45) is 0. The first kappa shape index (κ1) is 31.7. The third kappa shape index (κ3) is 4.99. The summed E-state index contributed by atoms with van der Waals surface area (Å²) in [7, 11) is 0. The lowest BCUT2D eigenvalue weighted by molar-refractivity contribution is 0.669. The van der Waals surface area contributed by atoms with Gasteiger partial charge < -0.3 is 13.7 Å². The van der Waals surface area contributed by atoms with Gasteiger partial charge in [0.15, 0.2) is 0 Å². The van der Waals surface area contributed by atoms with Crippen molar-refractivity contribution >= 4 is 93.3 Å². The minimum Gasteiger partial charge on any atom is -0.456 e. The maximum absolute atomic E-state index is 6.65. The molecule has 2 heterocycles. The van der Waals surface area contributed by atoms with Crippen LogP contribution in [0.5, 0.6) is 0 Å². The number of anilines is 3. The first-order valence-electron chi connectivity index (χ1n) is 19.4. The normalized spacial score (nSPS) is 11.9. The molecular formula is C54H33NO2. The summed E-state index contributed by atoms with van der Waals surface area (Å²) < 4.78 is 13.1. The van der Waals surface area contributed by atoms with E-state index in [1.807, 2.05) is 12.1 Å². The minimum absolute atomic E-state index is 0.853. The van der Waals surface area contributed by atoms with Gasteiger partial charge in [-0.15, -0.1) is 0 Å². The molecule has 0 fully saturated rings. The molecule has 0 bridgehead atoms. The van der Waals surface area contributed by atoms with Gasteiger partial charge in [0.2, 0.25) is 0 Å². The number of fused-ring (bicyclic) bond motifs is 11. The van der Waals surface area contributed by atoms with Crippen LogP contribution in [-0.4, -0.2) is 0 Å². The Labute approximate surface area is 328 Å². The Balaban J connectivity index is 1.04. The molecule has 12 aromatic rings. The molecule has 0 aliphatic rings. The molecule has 2 aromatic heterocycles. The highest BCUT2D eigenvalue weighted by molar-refractivity contribution is 6.20. The van der Waals surface area contributed by atoms with Crippen LogP contribution in [0.25, 0.3) is 98.4 Å². The number of hydrogen-bond donors (Lipinski definition) is 0. The molecule has 0 N–H and O–H groups in total. The van der Waals surface area contributed by atoms with E-state index in [9.17, 15) is 0 Å². The minimum atomic E-state index is 0.853. The van der Waals surface area contributed by atoms with Gasteiger partial charge in [0.05, 0.1) is 5.69 Å². The van der Waals surface area contributed by atoms with Gasteiger partial charge in [0.25, 0.3) is 0 Å². The maximum Gasteiger partial charge on any atom is 0.143 e. The van der Waals surface area contributed by atoms with Gasteiger partial charge >= 0.3 is 0 Å². The Morgan fingerprint density at radius 1 is 0.316 bits per heavy atom. The van der Waals surface area contributed by atoms with Gasteiger partial charge in [-0.3, -0.25) is 0 Å². The molecule has 0 atom stereocenters. The highest BCUT2D eigenvalue weighted by atomic mass is 16.3. The van der Waals surface area contributed by atoms with Crippen LogP contribution in [0, 0.1) is 0 Å². The topological polar surface area (TPSA) is 29.5 Å². The first-order chi connectivity index (χ1) is 28.2. The average Bonchev–Trinajstić information content (AvgIpc) is 3.85. The number of para-hydroxylation sites is 2. The number of furan rings is 2. The third-order valence-electron chi connectivity index (χ3n) is 11.6. The zero-order chi connectivity index (χ0) is 37.5. The standard InChI is InChI=1S/C54H33NO2/c1-3-12-41-35(10-1)20-21-38-32-37(25-29-42(38)41)34-22-26-39(27-23-34)55(40-28-31-46-45-15-6-8-18-50(45)56-52(46)33-40)49-17-7-5-14-44(49)47-16-9-19-51-53(47)48-30-24-36-11-2-4-13-43(36)54(48)57-51/h1-33H. The van der Waals surface area contributed by atoms with E-state index in [1.165, 1.54) is 32.5 Å². The van der Waals surface area contributed by atoms with Crippen molar-refractivity contribution in [3.63, 3.8) is 0 Å². The van der Waals surface area contributed by atoms with Crippen molar-refractivity contribution in [3.05, 3.63) is 200 Å². The van der Waals surface area contributed by atoms with E-state index in [2.05, 4.69) is 193 Å². The van der Waals surface area contributed by atoms with Crippen molar-refractivity contribution < 1.29 is 8.83 Å². The van der Waals surface area contributed by atoms with E-state index in [0.29, 0.717) is 0 Å². The van der Waals surface area contributed by atoms with Crippen LogP contribution in [0.2, 0.25) is 0 Å². The molecule has 0 saturated carbocycles. The summed E-state index contributed by atoms with van der Waals surface area (Å²) in [5.74, 6) is 0. The summed E-state index contributed by atoms with van der Waals surface area (Å²) in [5.41, 5.74) is 11.2. The summed E-state index contributed by atoms with van der Waals surface area (Å²) in [5, 5.41) is 11.8. The molecule has 0 aliphatic carbocycles. The monoisotopic (exact) mass is 727 g/mol. The largest absolute Gasteiger partial charge is 0.456 e. The average molecular weight is 728 g/mol. The molecule has 266 valence electrons. The van der Waals surface area contributed by atoms with Gasteiger partial charge in [0.1, 0.15) is 22.3 Å². The molecule has 3 heteroatoms. The summed E-state index contributed by atoms with van der Waals surface area (Å²) in [6, 6.07) is 71.6. The molecule has 0 aliphatic heterocycles. The Hall–Kier alpha value is -7.62. The van der Waals surface area contributed by atoms with Crippen molar-refractivity contribution in [2.75, 3.05) is 4.90 Å². The van der Waals surface area contributed by atoms with Gasteiger partial charge in [-0.1, -0.05) is 140 Å². The van der Waals surface area contributed by atoms with Gasteiger partial charge in [0, 0.05) is 49.9 Å². The molecule has 0 radical (unpaired) electrons. The van der Waals surface area contributed by atoms with Crippen molar-refractivity contribution in [1.82, 2.24) is 0 Å². The van der Waals surface area contributed by atoms with Gasteiger partial charge in [-0.05, 0) is 98.2 Å². The second-order valence-electron chi connectivity index (χ2n) is 14.8. The fraction of sp³-hybridized carbons (Fsp3) is 0. The zero-order valence-electron chi connectivity index (χ0n) is 30.8. The second kappa shape index (κ2) is 12.5. The first-order valence-corrected chi connectivity index (χ1v) is 19.4. The van der Waals surface area contributed by atoms with Crippen LogP contribution in [0.3, 0.4) is 0 Å². The number of hydrogen-bond acceptors (Lipinski definition) is 3. The number of benzene rings is 10. The molecule has 12 rings (SSSR count). The molecule has 0 spiro atoms. The zero-order valence-corrected chi connectivity index (χ0v) is 30.8. The van der Waals surface area contributed by atoms with E-state index in [-0.39, 0.29) is 0 Å². The van der Waals surface area contributed by atoms with Crippen molar-refractivity contribution in [3.8, 4) is 22.3 Å². The van der Waals surface area contributed by atoms with Crippen LogP contribution in [-0.2, 0) is 0 Å². The van der Waals surface area contributed by atoms with Crippen LogP contribution in [0.4, 0.5) is 17.1 Å². The quantitative estimate of drug-likeness (QED) is 0.165. The van der Waals surface area contributed by atoms with Crippen molar-refractivity contribution in [2.24, 2.45) is 0 Å². The van der Waals surface area contributed by atoms with Crippen LogP contribution in [0.1, 0.15) is 0 Å². The predicted octanol–water partition coefficient (Wildman–Crippen LogP) is 15.7. The predicted molar refractivity (Wildman–Crippen MR) is 239 cm³/mol. The fourth-order valence-corrected chi connectivity index (χ4v) is 8.95. The van der Waals surface area contributed by atoms with Gasteiger partial charge in [-0.25, -0.2) is 0 Å². The van der Waals surface area contributed by atoms with Crippen LogP contribution in [0.15, 0.2) is 209 Å². The van der Waals surface area contributed by atoms with E-state index >= 15 is 0 Å². The lowest BCUT2D eigenvalue weighted by Crippen LogP contribution is -2.11. The Morgan fingerprint density at radius 3 is 1.81 bits per heavy atom. The maximum atomic E-state index is 6.65. The Kier molecular flexibility index (Phi) is 6.93. The Morgan fingerprint density at radius 2 is 0.912 bits per heavy atom. The molecule has 0 unspecified atom stereocenters. The highest BCUT2D eigenvalue weighted by Gasteiger charge is 2.22. The number of rotatable bonds is 5. The molecular weight excluding hydrogens is 695 g/mol. The lowest BCUT2D eigenvalue weighted by Gasteiger charge is -2.28. The molecule has 0 amide bonds. The van der Waals surface area contributed by atoms with E-state index in [4.69, 9.17) is 8.83 Å². The molecule has 3 nitrogen and oxygen atoms in total. The SMILES string of the molecule is c1ccc(N(c2ccc(-c3ccc4c(ccc5ccccc54)c3)cc2)c2ccc3c(c2)oc2ccccc23)c(-c2cccc3oc4c5ccccc5ccc4c23)c1. The third-order valence-corrected chi connectivity index (χ3v) is 11.6. The molecule has 10 aromatic carbocycles. The van der Waals surface area contributed by atoms with E-state index < -0.39 is 0 Å².